The molecule has 2 rings (SSSR count). The highest BCUT2D eigenvalue weighted by Crippen LogP contribution is 2.17. The van der Waals surface area contributed by atoms with Crippen molar-refractivity contribution in [3.8, 4) is 0 Å². The summed E-state index contributed by atoms with van der Waals surface area (Å²) in [5.41, 5.74) is 2.28. The minimum atomic E-state index is -0.382. The first-order chi connectivity index (χ1) is 9.56. The van der Waals surface area contributed by atoms with Crippen LogP contribution in [0.1, 0.15) is 29.2 Å². The Hall–Kier alpha value is -1.79. The SMILES string of the molecule is Cc1nc(CCN[C@H](C)c2ccc([N+](=O)[O-])cc2)cs1. The Bertz CT molecular complexity index is 580. The van der Waals surface area contributed by atoms with E-state index < -0.39 is 0 Å². The van der Waals surface area contributed by atoms with Crippen LogP contribution in [0.4, 0.5) is 5.69 Å². The monoisotopic (exact) mass is 291 g/mol. The highest BCUT2D eigenvalue weighted by atomic mass is 32.1. The summed E-state index contributed by atoms with van der Waals surface area (Å²) in [5.74, 6) is 0. The maximum absolute atomic E-state index is 10.6. The smallest absolute Gasteiger partial charge is 0.269 e. The molecular weight excluding hydrogens is 274 g/mol. The second kappa shape index (κ2) is 6.58. The van der Waals surface area contributed by atoms with Gasteiger partial charge in [-0.2, -0.15) is 0 Å². The van der Waals surface area contributed by atoms with Crippen molar-refractivity contribution in [2.45, 2.75) is 26.3 Å². The summed E-state index contributed by atoms with van der Waals surface area (Å²) < 4.78 is 0. The van der Waals surface area contributed by atoms with Gasteiger partial charge < -0.3 is 5.32 Å². The Balaban J connectivity index is 1.85. The number of nitrogens with one attached hydrogen (secondary N) is 1. The van der Waals surface area contributed by atoms with Gasteiger partial charge in [0.1, 0.15) is 0 Å². The lowest BCUT2D eigenvalue weighted by Gasteiger charge is -2.13. The van der Waals surface area contributed by atoms with Crippen LogP contribution in [0.2, 0.25) is 0 Å². The number of nitro groups is 1. The number of aromatic nitrogens is 1. The van der Waals surface area contributed by atoms with Crippen LogP contribution in [-0.4, -0.2) is 16.5 Å². The Kier molecular flexibility index (Phi) is 4.81. The summed E-state index contributed by atoms with van der Waals surface area (Å²) in [4.78, 5) is 14.6. The molecule has 1 aromatic heterocycles. The van der Waals surface area contributed by atoms with Gasteiger partial charge in [0, 0.05) is 36.5 Å². The lowest BCUT2D eigenvalue weighted by Crippen LogP contribution is -2.21. The zero-order valence-corrected chi connectivity index (χ0v) is 12.3. The summed E-state index contributed by atoms with van der Waals surface area (Å²) in [6.45, 7) is 4.88. The maximum atomic E-state index is 10.6. The fraction of sp³-hybridized carbons (Fsp3) is 0.357. The molecule has 2 aromatic rings. The summed E-state index contributed by atoms with van der Waals surface area (Å²) in [5, 5.41) is 17.2. The van der Waals surface area contributed by atoms with Gasteiger partial charge >= 0.3 is 0 Å². The zero-order valence-electron chi connectivity index (χ0n) is 11.5. The maximum Gasteiger partial charge on any atom is 0.269 e. The number of benzene rings is 1. The van der Waals surface area contributed by atoms with Gasteiger partial charge in [-0.1, -0.05) is 12.1 Å². The number of aryl methyl sites for hydroxylation is 1. The van der Waals surface area contributed by atoms with E-state index in [0.29, 0.717) is 0 Å². The van der Waals surface area contributed by atoms with E-state index in [0.717, 1.165) is 29.2 Å². The highest BCUT2D eigenvalue weighted by Gasteiger charge is 2.08. The molecule has 0 radical (unpaired) electrons. The molecular formula is C14H17N3O2S. The Morgan fingerprint density at radius 2 is 2.10 bits per heavy atom. The fourth-order valence-electron chi connectivity index (χ4n) is 1.94. The minimum Gasteiger partial charge on any atom is -0.310 e. The largest absolute Gasteiger partial charge is 0.310 e. The predicted octanol–water partition coefficient (Wildman–Crippen LogP) is 3.25. The Labute approximate surface area is 121 Å². The molecule has 0 amide bonds. The molecule has 20 heavy (non-hydrogen) atoms. The van der Waals surface area contributed by atoms with Crippen LogP contribution < -0.4 is 5.32 Å². The molecule has 1 atom stereocenters. The van der Waals surface area contributed by atoms with Crippen LogP contribution in [-0.2, 0) is 6.42 Å². The van der Waals surface area contributed by atoms with Crippen molar-refractivity contribution in [2.24, 2.45) is 0 Å². The average Bonchev–Trinajstić information content (AvgIpc) is 2.84. The molecule has 6 heteroatoms. The molecule has 5 nitrogen and oxygen atoms in total. The molecule has 0 unspecified atom stereocenters. The average molecular weight is 291 g/mol. The first-order valence-corrected chi connectivity index (χ1v) is 7.33. The van der Waals surface area contributed by atoms with Crippen LogP contribution in [0.25, 0.3) is 0 Å². The third-order valence-corrected chi connectivity index (χ3v) is 3.92. The van der Waals surface area contributed by atoms with E-state index in [1.54, 1.807) is 23.5 Å². The van der Waals surface area contributed by atoms with E-state index in [2.05, 4.69) is 15.7 Å². The molecule has 106 valence electrons. The number of nitro benzene ring substituents is 1. The van der Waals surface area contributed by atoms with Crippen LogP contribution in [0.15, 0.2) is 29.6 Å². The molecule has 0 spiro atoms. The van der Waals surface area contributed by atoms with Crippen molar-refractivity contribution in [3.63, 3.8) is 0 Å². The van der Waals surface area contributed by atoms with Crippen molar-refractivity contribution in [3.05, 3.63) is 56.0 Å². The molecule has 0 fully saturated rings. The third-order valence-electron chi connectivity index (χ3n) is 3.10. The van der Waals surface area contributed by atoms with Crippen LogP contribution in [0, 0.1) is 17.0 Å². The number of hydrogen-bond acceptors (Lipinski definition) is 5. The van der Waals surface area contributed by atoms with Gasteiger partial charge in [0.25, 0.3) is 5.69 Å². The highest BCUT2D eigenvalue weighted by molar-refractivity contribution is 7.09. The number of hydrogen-bond donors (Lipinski definition) is 1. The van der Waals surface area contributed by atoms with Gasteiger partial charge in [0.2, 0.25) is 0 Å². The van der Waals surface area contributed by atoms with E-state index in [1.807, 2.05) is 13.8 Å². The van der Waals surface area contributed by atoms with Crippen molar-refractivity contribution >= 4 is 17.0 Å². The zero-order chi connectivity index (χ0) is 14.5. The van der Waals surface area contributed by atoms with Crippen molar-refractivity contribution < 1.29 is 4.92 Å². The number of nitrogens with zero attached hydrogens (tertiary/aromatic N) is 2. The third kappa shape index (κ3) is 3.85. The molecule has 1 N–H and O–H groups in total. The van der Waals surface area contributed by atoms with Crippen LogP contribution in [0.5, 0.6) is 0 Å². The van der Waals surface area contributed by atoms with E-state index in [1.165, 1.54) is 12.1 Å². The quantitative estimate of drug-likeness (QED) is 0.655. The molecule has 0 aliphatic heterocycles. The minimum absolute atomic E-state index is 0.124. The van der Waals surface area contributed by atoms with Gasteiger partial charge in [0.15, 0.2) is 0 Å². The molecule has 0 saturated carbocycles. The first-order valence-electron chi connectivity index (χ1n) is 6.45. The Morgan fingerprint density at radius 3 is 2.65 bits per heavy atom. The lowest BCUT2D eigenvalue weighted by atomic mass is 10.1. The number of rotatable bonds is 6. The summed E-state index contributed by atoms with van der Waals surface area (Å²) in [6, 6.07) is 6.83. The second-order valence-electron chi connectivity index (χ2n) is 4.63. The molecule has 0 bridgehead atoms. The van der Waals surface area contributed by atoms with Gasteiger partial charge in [-0.3, -0.25) is 10.1 Å². The topological polar surface area (TPSA) is 68.1 Å². The van der Waals surface area contributed by atoms with Crippen molar-refractivity contribution in [2.75, 3.05) is 6.54 Å². The number of thiazole rings is 1. The number of non-ortho nitro benzene ring substituents is 1. The van der Waals surface area contributed by atoms with Crippen LogP contribution >= 0.6 is 11.3 Å². The summed E-state index contributed by atoms with van der Waals surface area (Å²) >= 11 is 1.66. The molecule has 1 aromatic carbocycles. The standard InChI is InChI=1S/C14H17N3O2S/c1-10(12-3-5-14(6-4-12)17(18)19)15-8-7-13-9-20-11(2)16-13/h3-6,9-10,15H,7-8H2,1-2H3/t10-/m1/s1. The van der Waals surface area contributed by atoms with E-state index in [9.17, 15) is 10.1 Å². The Morgan fingerprint density at radius 1 is 1.40 bits per heavy atom. The first kappa shape index (κ1) is 14.6. The molecule has 0 aliphatic rings. The van der Waals surface area contributed by atoms with E-state index in [4.69, 9.17) is 0 Å². The van der Waals surface area contributed by atoms with Gasteiger partial charge in [0.05, 0.1) is 15.6 Å². The van der Waals surface area contributed by atoms with E-state index >= 15 is 0 Å². The van der Waals surface area contributed by atoms with Crippen molar-refractivity contribution in [1.29, 1.82) is 0 Å². The van der Waals surface area contributed by atoms with Gasteiger partial charge in [-0.25, -0.2) is 4.98 Å². The molecule has 0 aliphatic carbocycles. The summed E-state index contributed by atoms with van der Waals surface area (Å²) in [6.07, 6.45) is 0.891. The van der Waals surface area contributed by atoms with Gasteiger partial charge in [-0.05, 0) is 19.4 Å². The predicted molar refractivity (Wildman–Crippen MR) is 80.1 cm³/mol. The van der Waals surface area contributed by atoms with E-state index in [-0.39, 0.29) is 16.7 Å². The van der Waals surface area contributed by atoms with Gasteiger partial charge in [-0.15, -0.1) is 11.3 Å². The van der Waals surface area contributed by atoms with Crippen molar-refractivity contribution in [1.82, 2.24) is 10.3 Å². The lowest BCUT2D eigenvalue weighted by molar-refractivity contribution is -0.384. The normalized spacial score (nSPS) is 12.3. The molecule has 1 heterocycles. The summed E-state index contributed by atoms with van der Waals surface area (Å²) in [7, 11) is 0. The second-order valence-corrected chi connectivity index (χ2v) is 5.69. The fourth-order valence-corrected chi connectivity index (χ4v) is 2.59. The van der Waals surface area contributed by atoms with Crippen LogP contribution in [0.3, 0.4) is 0 Å². The molecule has 0 saturated heterocycles.